The predicted molar refractivity (Wildman–Crippen MR) is 107 cm³/mol. The maximum Gasteiger partial charge on any atom is 0.0474 e. The molecule has 3 unspecified atom stereocenters. The van der Waals surface area contributed by atoms with Gasteiger partial charge in [0.1, 0.15) is 0 Å². The summed E-state index contributed by atoms with van der Waals surface area (Å²) in [5.41, 5.74) is 4.05. The van der Waals surface area contributed by atoms with Crippen molar-refractivity contribution in [2.24, 2.45) is 11.8 Å². The Morgan fingerprint density at radius 2 is 1.64 bits per heavy atom. The van der Waals surface area contributed by atoms with Gasteiger partial charge in [-0.15, -0.1) is 0 Å². The zero-order valence-electron chi connectivity index (χ0n) is 15.9. The van der Waals surface area contributed by atoms with Crippen molar-refractivity contribution >= 4 is 0 Å². The molecule has 2 aromatic carbocycles. The molecular weight excluding hydrogens is 306 g/mol. The quantitative estimate of drug-likeness (QED) is 0.673. The maximum absolute atomic E-state index is 9.80. The molecule has 25 heavy (non-hydrogen) atoms. The first-order valence-electron chi connectivity index (χ1n) is 9.56. The molecule has 0 aliphatic rings. The number of aliphatic hydroxyl groups is 1. The minimum absolute atomic E-state index is 0.227. The first-order chi connectivity index (χ1) is 12.1. The number of rotatable bonds is 10. The highest BCUT2D eigenvalue weighted by molar-refractivity contribution is 5.26. The van der Waals surface area contributed by atoms with E-state index < -0.39 is 0 Å². The summed E-state index contributed by atoms with van der Waals surface area (Å²) in [6.45, 7) is 7.80. The molecule has 0 bridgehead atoms. The van der Waals surface area contributed by atoms with Gasteiger partial charge in [-0.2, -0.15) is 0 Å². The highest BCUT2D eigenvalue weighted by Crippen LogP contribution is 2.16. The van der Waals surface area contributed by atoms with Crippen molar-refractivity contribution in [3.63, 3.8) is 0 Å². The molecule has 0 amide bonds. The molecule has 0 aliphatic heterocycles. The highest BCUT2D eigenvalue weighted by atomic mass is 16.3. The van der Waals surface area contributed by atoms with E-state index in [9.17, 15) is 5.11 Å². The smallest absolute Gasteiger partial charge is 0.0474 e. The first-order valence-corrected chi connectivity index (χ1v) is 9.56. The van der Waals surface area contributed by atoms with Crippen LogP contribution in [0.3, 0.4) is 0 Å². The van der Waals surface area contributed by atoms with E-state index in [2.05, 4.69) is 80.7 Å². The zero-order valence-corrected chi connectivity index (χ0v) is 15.9. The van der Waals surface area contributed by atoms with Crippen LogP contribution in [0.25, 0.3) is 0 Å². The molecule has 0 fully saturated rings. The van der Waals surface area contributed by atoms with Gasteiger partial charge in [0, 0.05) is 19.2 Å². The lowest BCUT2D eigenvalue weighted by molar-refractivity contribution is 0.211. The second kappa shape index (κ2) is 10.4. The largest absolute Gasteiger partial charge is 0.396 e. The van der Waals surface area contributed by atoms with E-state index in [1.807, 2.05) is 0 Å². The fourth-order valence-corrected chi connectivity index (χ4v) is 3.55. The first kappa shape index (κ1) is 19.7. The predicted octanol–water partition coefficient (Wildman–Crippen LogP) is 4.39. The van der Waals surface area contributed by atoms with Crippen LogP contribution in [0.1, 0.15) is 37.0 Å². The average Bonchev–Trinajstić information content (AvgIpc) is 2.63. The second-order valence-electron chi connectivity index (χ2n) is 7.27. The van der Waals surface area contributed by atoms with Crippen LogP contribution in [-0.4, -0.2) is 24.3 Å². The average molecular weight is 340 g/mol. The number of aliphatic hydroxyl groups excluding tert-OH is 1. The van der Waals surface area contributed by atoms with E-state index in [1.165, 1.54) is 16.7 Å². The van der Waals surface area contributed by atoms with E-state index in [1.54, 1.807) is 0 Å². The van der Waals surface area contributed by atoms with E-state index >= 15 is 0 Å². The summed E-state index contributed by atoms with van der Waals surface area (Å²) in [6, 6.07) is 19.7. The summed E-state index contributed by atoms with van der Waals surface area (Å²) in [7, 11) is 0. The molecule has 136 valence electrons. The summed E-state index contributed by atoms with van der Waals surface area (Å²) in [4.78, 5) is 0. The lowest BCUT2D eigenvalue weighted by atomic mass is 9.91. The van der Waals surface area contributed by atoms with Gasteiger partial charge >= 0.3 is 0 Å². The van der Waals surface area contributed by atoms with Crippen molar-refractivity contribution < 1.29 is 5.11 Å². The van der Waals surface area contributed by atoms with Gasteiger partial charge in [0.05, 0.1) is 0 Å². The fourth-order valence-electron chi connectivity index (χ4n) is 3.55. The maximum atomic E-state index is 9.80. The fraction of sp³-hybridized carbons (Fsp3) is 0.478. The van der Waals surface area contributed by atoms with Crippen molar-refractivity contribution in [3.05, 3.63) is 71.3 Å². The van der Waals surface area contributed by atoms with Gasteiger partial charge in [0.15, 0.2) is 0 Å². The molecule has 2 N–H and O–H groups in total. The Hall–Kier alpha value is -1.64. The molecule has 3 atom stereocenters. The SMILES string of the molecule is CCC(NCC(CO)Cc1ccccc1C)C(C)Cc1ccccc1. The van der Waals surface area contributed by atoms with Crippen LogP contribution in [-0.2, 0) is 12.8 Å². The van der Waals surface area contributed by atoms with E-state index in [-0.39, 0.29) is 12.5 Å². The molecule has 2 heteroatoms. The molecule has 2 nitrogen and oxygen atoms in total. The topological polar surface area (TPSA) is 32.3 Å². The second-order valence-corrected chi connectivity index (χ2v) is 7.27. The lowest BCUT2D eigenvalue weighted by Crippen LogP contribution is -2.39. The van der Waals surface area contributed by atoms with Crippen LogP contribution >= 0.6 is 0 Å². The number of benzene rings is 2. The minimum Gasteiger partial charge on any atom is -0.396 e. The van der Waals surface area contributed by atoms with E-state index in [0.717, 1.165) is 25.8 Å². The van der Waals surface area contributed by atoms with Crippen molar-refractivity contribution in [1.82, 2.24) is 5.32 Å². The number of hydrogen-bond donors (Lipinski definition) is 2. The third-order valence-electron chi connectivity index (χ3n) is 5.22. The molecule has 2 aromatic rings. The summed E-state index contributed by atoms with van der Waals surface area (Å²) in [5.74, 6) is 0.837. The summed E-state index contributed by atoms with van der Waals surface area (Å²) >= 11 is 0. The number of aryl methyl sites for hydroxylation is 1. The Morgan fingerprint density at radius 3 is 2.28 bits per heavy atom. The molecule has 0 aromatic heterocycles. The molecule has 0 aliphatic carbocycles. The normalized spacial score (nSPS) is 14.9. The third kappa shape index (κ3) is 6.30. The van der Waals surface area contributed by atoms with Gasteiger partial charge in [-0.25, -0.2) is 0 Å². The van der Waals surface area contributed by atoms with Crippen molar-refractivity contribution in [1.29, 1.82) is 0 Å². The Balaban J connectivity index is 1.88. The van der Waals surface area contributed by atoms with Crippen LogP contribution in [0.2, 0.25) is 0 Å². The number of nitrogens with one attached hydrogen (secondary N) is 1. The van der Waals surface area contributed by atoms with Crippen LogP contribution < -0.4 is 5.32 Å². The van der Waals surface area contributed by atoms with Crippen LogP contribution in [0.15, 0.2) is 54.6 Å². The molecule has 0 spiro atoms. The van der Waals surface area contributed by atoms with Gasteiger partial charge in [0.25, 0.3) is 0 Å². The Morgan fingerprint density at radius 1 is 0.960 bits per heavy atom. The Labute approximate surface area is 153 Å². The van der Waals surface area contributed by atoms with Crippen molar-refractivity contribution in [3.8, 4) is 0 Å². The Bertz CT molecular complexity index is 610. The molecular formula is C23H33NO. The highest BCUT2D eigenvalue weighted by Gasteiger charge is 2.18. The molecule has 0 heterocycles. The van der Waals surface area contributed by atoms with Crippen molar-refractivity contribution in [2.45, 2.75) is 46.1 Å². The van der Waals surface area contributed by atoms with Gasteiger partial charge in [0.2, 0.25) is 0 Å². The summed E-state index contributed by atoms with van der Waals surface area (Å²) in [6.07, 6.45) is 3.13. The summed E-state index contributed by atoms with van der Waals surface area (Å²) in [5, 5.41) is 13.5. The zero-order chi connectivity index (χ0) is 18.1. The summed E-state index contributed by atoms with van der Waals surface area (Å²) < 4.78 is 0. The molecule has 0 radical (unpaired) electrons. The van der Waals surface area contributed by atoms with E-state index in [4.69, 9.17) is 0 Å². The van der Waals surface area contributed by atoms with Crippen LogP contribution in [0.4, 0.5) is 0 Å². The van der Waals surface area contributed by atoms with Gasteiger partial charge in [-0.1, -0.05) is 68.4 Å². The third-order valence-corrected chi connectivity index (χ3v) is 5.22. The van der Waals surface area contributed by atoms with Gasteiger partial charge in [-0.05, 0) is 54.7 Å². The monoisotopic (exact) mass is 339 g/mol. The Kier molecular flexibility index (Phi) is 8.17. The standard InChI is InChI=1S/C23H33NO/c1-4-23(19(3)14-20-11-6-5-7-12-20)24-16-21(17-25)15-22-13-9-8-10-18(22)2/h5-13,19,21,23-25H,4,14-17H2,1-3H3. The molecule has 0 saturated heterocycles. The number of hydrogen-bond acceptors (Lipinski definition) is 2. The lowest BCUT2D eigenvalue weighted by Gasteiger charge is -2.27. The van der Waals surface area contributed by atoms with Gasteiger partial charge < -0.3 is 10.4 Å². The van der Waals surface area contributed by atoms with Crippen LogP contribution in [0, 0.1) is 18.8 Å². The minimum atomic E-state index is 0.227. The molecule has 2 rings (SSSR count). The molecule has 0 saturated carbocycles. The van der Waals surface area contributed by atoms with Gasteiger partial charge in [-0.3, -0.25) is 0 Å². The van der Waals surface area contributed by atoms with E-state index in [0.29, 0.717) is 12.0 Å². The van der Waals surface area contributed by atoms with Crippen molar-refractivity contribution in [2.75, 3.05) is 13.2 Å². The van der Waals surface area contributed by atoms with Crippen LogP contribution in [0.5, 0.6) is 0 Å².